The molecule has 3 heterocycles. The van der Waals surface area contributed by atoms with E-state index in [0.717, 1.165) is 29.5 Å². The van der Waals surface area contributed by atoms with E-state index in [1.54, 1.807) is 17.0 Å². The SMILES string of the molecule is O=C(CN1C(=O)S/C(=C/c2ccc(-c3ccc([N+](=O)[O-])cc3Cl)o2)C1=O)N1CCCC1. The van der Waals surface area contributed by atoms with Gasteiger partial charge in [-0.1, -0.05) is 11.6 Å². The van der Waals surface area contributed by atoms with Crippen LogP contribution in [0.5, 0.6) is 0 Å². The van der Waals surface area contributed by atoms with E-state index in [1.807, 2.05) is 0 Å². The first kappa shape index (κ1) is 21.1. The van der Waals surface area contributed by atoms with E-state index >= 15 is 0 Å². The fourth-order valence-electron chi connectivity index (χ4n) is 3.36. The highest BCUT2D eigenvalue weighted by Gasteiger charge is 2.37. The zero-order valence-corrected chi connectivity index (χ0v) is 17.6. The summed E-state index contributed by atoms with van der Waals surface area (Å²) in [5.41, 5.74) is 0.314. The van der Waals surface area contributed by atoms with Gasteiger partial charge in [0.15, 0.2) is 0 Å². The van der Waals surface area contributed by atoms with Crippen molar-refractivity contribution < 1.29 is 23.7 Å². The number of imide groups is 1. The maximum atomic E-state index is 12.6. The number of nitrogens with zero attached hydrogens (tertiary/aromatic N) is 3. The van der Waals surface area contributed by atoms with Gasteiger partial charge in [0.25, 0.3) is 16.8 Å². The first-order valence-corrected chi connectivity index (χ1v) is 10.6. The number of furan rings is 1. The lowest BCUT2D eigenvalue weighted by Gasteiger charge is -2.18. The van der Waals surface area contributed by atoms with Crippen LogP contribution in [0.2, 0.25) is 5.02 Å². The minimum atomic E-state index is -0.548. The predicted octanol–water partition coefficient (Wildman–Crippen LogP) is 4.17. The highest BCUT2D eigenvalue weighted by atomic mass is 35.5. The van der Waals surface area contributed by atoms with Crippen molar-refractivity contribution in [1.82, 2.24) is 9.80 Å². The maximum Gasteiger partial charge on any atom is 0.294 e. The number of amides is 3. The van der Waals surface area contributed by atoms with Crippen LogP contribution < -0.4 is 0 Å². The molecule has 0 aliphatic carbocycles. The van der Waals surface area contributed by atoms with Crippen LogP contribution in [0.4, 0.5) is 10.5 Å². The van der Waals surface area contributed by atoms with E-state index in [-0.39, 0.29) is 28.1 Å². The molecule has 4 rings (SSSR count). The number of rotatable bonds is 5. The largest absolute Gasteiger partial charge is 0.457 e. The Kier molecular flexibility index (Phi) is 5.84. The average molecular weight is 462 g/mol. The van der Waals surface area contributed by atoms with Gasteiger partial charge >= 0.3 is 0 Å². The summed E-state index contributed by atoms with van der Waals surface area (Å²) >= 11 is 6.87. The van der Waals surface area contributed by atoms with E-state index in [9.17, 15) is 24.5 Å². The van der Waals surface area contributed by atoms with Crippen molar-refractivity contribution in [3.05, 3.63) is 56.1 Å². The number of nitro benzene ring substituents is 1. The molecule has 2 fully saturated rings. The first-order valence-electron chi connectivity index (χ1n) is 9.41. The lowest BCUT2D eigenvalue weighted by atomic mass is 10.1. The van der Waals surface area contributed by atoms with Crippen molar-refractivity contribution in [2.75, 3.05) is 19.6 Å². The van der Waals surface area contributed by atoms with Crippen LogP contribution in [0.25, 0.3) is 17.4 Å². The van der Waals surface area contributed by atoms with E-state index in [1.165, 1.54) is 24.3 Å². The first-order chi connectivity index (χ1) is 14.8. The molecule has 31 heavy (non-hydrogen) atoms. The smallest absolute Gasteiger partial charge is 0.294 e. The third-order valence-electron chi connectivity index (χ3n) is 4.95. The van der Waals surface area contributed by atoms with Gasteiger partial charge in [0.2, 0.25) is 5.91 Å². The number of hydrogen-bond acceptors (Lipinski definition) is 7. The molecular weight excluding hydrogens is 446 g/mol. The number of carbonyl (C=O) groups is 3. The van der Waals surface area contributed by atoms with Gasteiger partial charge < -0.3 is 9.32 Å². The fourth-order valence-corrected chi connectivity index (χ4v) is 4.45. The standard InChI is InChI=1S/C20H16ClN3O6S/c21-15-9-12(24(28)29)3-5-14(15)16-6-4-13(30-16)10-17-19(26)23(20(27)31-17)11-18(25)22-7-1-2-8-22/h3-6,9-10H,1-2,7-8,11H2/b17-10+. The molecule has 0 radical (unpaired) electrons. The zero-order valence-electron chi connectivity index (χ0n) is 16.1. The highest BCUT2D eigenvalue weighted by Crippen LogP contribution is 2.35. The molecule has 0 unspecified atom stereocenters. The molecule has 0 spiro atoms. The van der Waals surface area contributed by atoms with Crippen LogP contribution in [0.15, 0.2) is 39.7 Å². The van der Waals surface area contributed by atoms with Gasteiger partial charge in [0, 0.05) is 36.9 Å². The normalized spacial score (nSPS) is 17.8. The fraction of sp³-hybridized carbons (Fsp3) is 0.250. The minimum Gasteiger partial charge on any atom is -0.457 e. The van der Waals surface area contributed by atoms with Gasteiger partial charge in [-0.3, -0.25) is 29.4 Å². The van der Waals surface area contributed by atoms with Crippen LogP contribution in [0, 0.1) is 10.1 Å². The van der Waals surface area contributed by atoms with Gasteiger partial charge in [-0.2, -0.15) is 0 Å². The number of thioether (sulfide) groups is 1. The summed E-state index contributed by atoms with van der Waals surface area (Å²) < 4.78 is 5.69. The number of nitro groups is 1. The third kappa shape index (κ3) is 4.35. The number of benzene rings is 1. The molecule has 1 aromatic carbocycles. The highest BCUT2D eigenvalue weighted by molar-refractivity contribution is 8.18. The molecule has 3 amide bonds. The Hall–Kier alpha value is -3.11. The summed E-state index contributed by atoms with van der Waals surface area (Å²) in [7, 11) is 0. The van der Waals surface area contributed by atoms with Crippen LogP contribution in [0.1, 0.15) is 18.6 Å². The number of non-ortho nitro benzene ring substituents is 1. The van der Waals surface area contributed by atoms with Crippen LogP contribution in [-0.4, -0.2) is 51.4 Å². The van der Waals surface area contributed by atoms with Crippen molar-refractivity contribution in [3.8, 4) is 11.3 Å². The molecule has 11 heteroatoms. The Morgan fingerprint density at radius 1 is 1.23 bits per heavy atom. The maximum absolute atomic E-state index is 12.6. The second kappa shape index (κ2) is 8.56. The summed E-state index contributed by atoms with van der Waals surface area (Å²) in [5, 5.41) is 10.5. The average Bonchev–Trinajstić information content (AvgIpc) is 3.47. The van der Waals surface area contributed by atoms with Crippen molar-refractivity contribution in [2.24, 2.45) is 0 Å². The third-order valence-corrected chi connectivity index (χ3v) is 6.17. The minimum absolute atomic E-state index is 0.141. The Labute approximate surface area is 185 Å². The lowest BCUT2D eigenvalue weighted by Crippen LogP contribution is -2.40. The molecule has 0 N–H and O–H groups in total. The van der Waals surface area contributed by atoms with Crippen LogP contribution in [-0.2, 0) is 9.59 Å². The number of likely N-dealkylation sites (tertiary alicyclic amines) is 1. The van der Waals surface area contributed by atoms with Gasteiger partial charge in [0.05, 0.1) is 14.9 Å². The summed E-state index contributed by atoms with van der Waals surface area (Å²) in [6.45, 7) is 1.01. The van der Waals surface area contributed by atoms with Crippen LogP contribution >= 0.6 is 23.4 Å². The molecule has 2 aromatic rings. The van der Waals surface area contributed by atoms with E-state index in [2.05, 4.69) is 0 Å². The summed E-state index contributed by atoms with van der Waals surface area (Å²) in [4.78, 5) is 50.2. The summed E-state index contributed by atoms with van der Waals surface area (Å²) in [6.07, 6.45) is 3.27. The van der Waals surface area contributed by atoms with Crippen molar-refractivity contribution >= 4 is 52.2 Å². The zero-order chi connectivity index (χ0) is 22.1. The summed E-state index contributed by atoms with van der Waals surface area (Å²) in [5.74, 6) is -0.126. The van der Waals surface area contributed by atoms with Crippen LogP contribution in [0.3, 0.4) is 0 Å². The van der Waals surface area contributed by atoms with Gasteiger partial charge in [0.1, 0.15) is 18.1 Å². The molecule has 1 aromatic heterocycles. The molecule has 0 atom stereocenters. The molecule has 0 saturated carbocycles. The van der Waals surface area contributed by atoms with Gasteiger partial charge in [-0.05, 0) is 42.8 Å². The molecule has 2 aliphatic heterocycles. The van der Waals surface area contributed by atoms with Crippen molar-refractivity contribution in [2.45, 2.75) is 12.8 Å². The molecule has 9 nitrogen and oxygen atoms in total. The Morgan fingerprint density at radius 2 is 1.97 bits per heavy atom. The van der Waals surface area contributed by atoms with E-state index in [4.69, 9.17) is 16.0 Å². The second-order valence-corrected chi connectivity index (χ2v) is 8.38. The number of carbonyl (C=O) groups excluding carboxylic acids is 3. The Morgan fingerprint density at radius 3 is 2.65 bits per heavy atom. The quantitative estimate of drug-likeness (QED) is 0.373. The lowest BCUT2D eigenvalue weighted by molar-refractivity contribution is -0.384. The van der Waals surface area contributed by atoms with E-state index < -0.39 is 16.1 Å². The molecule has 2 aliphatic rings. The molecule has 2 saturated heterocycles. The molecule has 0 bridgehead atoms. The predicted molar refractivity (Wildman–Crippen MR) is 114 cm³/mol. The Balaban J connectivity index is 1.50. The van der Waals surface area contributed by atoms with Gasteiger partial charge in [-0.25, -0.2) is 0 Å². The molecular formula is C20H16ClN3O6S. The monoisotopic (exact) mass is 461 g/mol. The second-order valence-electron chi connectivity index (χ2n) is 6.98. The number of hydrogen-bond donors (Lipinski definition) is 0. The van der Waals surface area contributed by atoms with Crippen molar-refractivity contribution in [1.29, 1.82) is 0 Å². The van der Waals surface area contributed by atoms with Gasteiger partial charge in [-0.15, -0.1) is 0 Å². The van der Waals surface area contributed by atoms with Crippen molar-refractivity contribution in [3.63, 3.8) is 0 Å². The number of halogens is 1. The van der Waals surface area contributed by atoms with E-state index in [0.29, 0.717) is 30.2 Å². The topological polar surface area (TPSA) is 114 Å². The Bertz CT molecular complexity index is 1120. The molecule has 160 valence electrons. The summed E-state index contributed by atoms with van der Waals surface area (Å²) in [6, 6.07) is 7.21.